The highest BCUT2D eigenvalue weighted by atomic mass is 32.2. The van der Waals surface area contributed by atoms with Crippen LogP contribution in [0.15, 0.2) is 77.8 Å². The zero-order valence-electron chi connectivity index (χ0n) is 41.4. The largest absolute Gasteiger partial charge is 0.489 e. The predicted molar refractivity (Wildman–Crippen MR) is 278 cm³/mol. The van der Waals surface area contributed by atoms with E-state index < -0.39 is 52.3 Å². The van der Waals surface area contributed by atoms with Gasteiger partial charge in [-0.1, -0.05) is 38.1 Å². The summed E-state index contributed by atoms with van der Waals surface area (Å²) >= 11 is 0. The number of fused-ring (bicyclic) bond motifs is 2. The highest BCUT2D eigenvalue weighted by Gasteiger charge is 2.50. The Hall–Kier alpha value is -5.96. The number of likely N-dealkylation sites (tertiary alicyclic amines) is 1. The van der Waals surface area contributed by atoms with Crippen molar-refractivity contribution in [3.05, 3.63) is 99.7 Å². The van der Waals surface area contributed by atoms with Crippen molar-refractivity contribution in [3.63, 3.8) is 0 Å². The van der Waals surface area contributed by atoms with Crippen LogP contribution >= 0.6 is 0 Å². The first kappa shape index (κ1) is 49.3. The number of benzene rings is 3. The number of hydrogen-bond donors (Lipinski definition) is 5. The Morgan fingerprint density at radius 3 is 2.42 bits per heavy atom. The number of aliphatic hydroxyl groups is 1. The monoisotopic (exact) mass is 1040 g/mol. The van der Waals surface area contributed by atoms with E-state index in [1.165, 1.54) is 30.0 Å². The van der Waals surface area contributed by atoms with Crippen LogP contribution in [0, 0.1) is 21.4 Å². The molecule has 0 bridgehead atoms. The number of ether oxygens (including phenoxy) is 2. The lowest BCUT2D eigenvalue weighted by Gasteiger charge is -2.56. The number of nitrogens with one attached hydrogen (secondary N) is 4. The molecule has 5 fully saturated rings. The molecule has 2 saturated heterocycles. The fourth-order valence-corrected chi connectivity index (χ4v) is 14.6. The minimum absolute atomic E-state index is 0.00778. The zero-order valence-corrected chi connectivity index (χ0v) is 43.1. The second-order valence-corrected chi connectivity index (χ2v) is 25.7. The highest BCUT2D eigenvalue weighted by molar-refractivity contribution is 7.93. The first-order valence-corrected chi connectivity index (χ1v) is 28.8. The summed E-state index contributed by atoms with van der Waals surface area (Å²) in [6.07, 6.45) is 11.8. The number of carbonyl (C=O) groups excluding carboxylic acids is 1. The molecule has 0 radical (unpaired) electrons. The van der Waals surface area contributed by atoms with Crippen LogP contribution in [0.25, 0.3) is 11.0 Å². The lowest BCUT2D eigenvalue weighted by Crippen LogP contribution is -2.54. The lowest BCUT2D eigenvalue weighted by atomic mass is 9.59. The van der Waals surface area contributed by atoms with Crippen LogP contribution < -0.4 is 29.1 Å². The highest BCUT2D eigenvalue weighted by Crippen LogP contribution is 2.55. The van der Waals surface area contributed by atoms with Crippen molar-refractivity contribution in [1.29, 1.82) is 0 Å². The third-order valence-electron chi connectivity index (χ3n) is 16.6. The van der Waals surface area contributed by atoms with Gasteiger partial charge in [0, 0.05) is 60.6 Å². The molecular weight excluding hydrogens is 973 g/mol. The van der Waals surface area contributed by atoms with E-state index >= 15 is 0 Å². The summed E-state index contributed by atoms with van der Waals surface area (Å²) in [5.74, 6) is -0.767. The molecule has 3 aromatic carbocycles. The summed E-state index contributed by atoms with van der Waals surface area (Å²) in [6, 6.07) is 19.9. The standard InChI is InChI=1S/C53H64N8O10S2/c1-32(2)39-7-4-5-8-40(39)43-9-6-22-60(43)36-29-53(30-36)19-23-59(24-20-53)35-10-13-41(45(26-35)71-47-25-34-16-21-54-49(34)56-50(47)57-72(66,67)37-11-12-37)51(62)58-73(68,69)38-27-44(61(64)65)48-46(28-38)70-31-42(55-48)33-14-17-52(3,63)18-15-33/h4-5,7-8,10,13,16,21,25-28,32-33,36-37,42-43,55,63H,6,9,11-12,14-15,17-20,22-24,29-31H2,1-3H3,(H,58,62)(H2,54,56,57)/t33-,42-,43+,52-/m1/s1. The number of carbonyl (C=O) groups is 1. The first-order valence-electron chi connectivity index (χ1n) is 25.8. The molecule has 5 heterocycles. The minimum Gasteiger partial charge on any atom is -0.489 e. The fraction of sp³-hybridized carbons (Fsp3) is 0.509. The van der Waals surface area contributed by atoms with E-state index in [0.717, 1.165) is 63.1 Å². The van der Waals surface area contributed by atoms with Gasteiger partial charge in [0.1, 0.15) is 18.0 Å². The minimum atomic E-state index is -4.78. The molecule has 6 aliphatic rings. The Labute approximate surface area is 425 Å². The van der Waals surface area contributed by atoms with Crippen LogP contribution in [0.5, 0.6) is 17.2 Å². The molecule has 2 atom stereocenters. The van der Waals surface area contributed by atoms with E-state index in [2.05, 4.69) is 72.6 Å². The molecule has 3 aliphatic carbocycles. The maximum atomic E-state index is 14.4. The Kier molecular flexibility index (Phi) is 12.7. The van der Waals surface area contributed by atoms with Gasteiger partial charge in [0.15, 0.2) is 23.0 Å². The van der Waals surface area contributed by atoms with Crippen LogP contribution in [0.1, 0.15) is 131 Å². The number of anilines is 3. The number of pyridine rings is 1. The van der Waals surface area contributed by atoms with Gasteiger partial charge in [0.25, 0.3) is 21.6 Å². The summed E-state index contributed by atoms with van der Waals surface area (Å²) in [6.45, 7) is 9.04. The quantitative estimate of drug-likeness (QED) is 0.0515. The number of aromatic nitrogens is 2. The second-order valence-electron chi connectivity index (χ2n) is 22.0. The molecule has 18 nitrogen and oxygen atoms in total. The second kappa shape index (κ2) is 18.8. The number of hydrogen-bond acceptors (Lipinski definition) is 14. The molecule has 73 heavy (non-hydrogen) atoms. The summed E-state index contributed by atoms with van der Waals surface area (Å²) < 4.78 is 72.2. The Morgan fingerprint density at radius 1 is 0.945 bits per heavy atom. The average molecular weight is 1040 g/mol. The van der Waals surface area contributed by atoms with Crippen molar-refractivity contribution in [2.75, 3.05) is 41.2 Å². The summed E-state index contributed by atoms with van der Waals surface area (Å²) in [4.78, 5) is 38.2. The number of amides is 1. The van der Waals surface area contributed by atoms with E-state index in [1.807, 2.05) is 0 Å². The summed E-state index contributed by atoms with van der Waals surface area (Å²) in [7, 11) is -8.61. The van der Waals surface area contributed by atoms with E-state index in [4.69, 9.17) is 9.47 Å². The maximum absolute atomic E-state index is 14.4. The van der Waals surface area contributed by atoms with Gasteiger partial charge in [-0.15, -0.1) is 0 Å². The third kappa shape index (κ3) is 9.82. The molecule has 11 rings (SSSR count). The van der Waals surface area contributed by atoms with Gasteiger partial charge in [-0.05, 0) is 143 Å². The molecular formula is C53H64N8O10S2. The van der Waals surface area contributed by atoms with Crippen molar-refractivity contribution in [1.82, 2.24) is 19.6 Å². The Bertz CT molecular complexity index is 3190. The van der Waals surface area contributed by atoms with Crippen LogP contribution in [0.2, 0.25) is 0 Å². The van der Waals surface area contributed by atoms with Crippen LogP contribution in [-0.4, -0.2) is 96.8 Å². The molecule has 1 spiro atoms. The average Bonchev–Trinajstić information content (AvgIpc) is 3.96. The van der Waals surface area contributed by atoms with Crippen molar-refractivity contribution >= 4 is 59.9 Å². The molecule has 0 unspecified atom stereocenters. The molecule has 5 N–H and O–H groups in total. The van der Waals surface area contributed by atoms with Gasteiger partial charge >= 0.3 is 0 Å². The molecule has 3 aliphatic heterocycles. The van der Waals surface area contributed by atoms with Crippen LogP contribution in [-0.2, 0) is 20.0 Å². The van der Waals surface area contributed by atoms with Gasteiger partial charge in [-0.25, -0.2) is 26.5 Å². The number of aromatic amines is 1. The number of sulfonamides is 2. The van der Waals surface area contributed by atoms with Gasteiger partial charge in [-0.3, -0.25) is 24.5 Å². The number of nitro benzene ring substituents is 1. The SMILES string of the molecule is CC(C)c1ccccc1[C@@H]1CCCN1C1CC2(CCN(c3ccc(C(=O)NS(=O)(=O)c4cc5c(c([N+](=O)[O-])c4)N[C@@H]([C@H]4CC[C@](C)(O)CC4)CO5)c(Oc4cc5cc[nH]c5nc4NS(=O)(=O)C4CC4)c3)CC2)C1. The predicted octanol–water partition coefficient (Wildman–Crippen LogP) is 9.11. The van der Waals surface area contributed by atoms with Gasteiger partial charge in [-0.2, -0.15) is 0 Å². The molecule has 3 saturated carbocycles. The van der Waals surface area contributed by atoms with Crippen LogP contribution in [0.3, 0.4) is 0 Å². The smallest absolute Gasteiger partial charge is 0.297 e. The zero-order chi connectivity index (χ0) is 51.0. The van der Waals surface area contributed by atoms with E-state index in [0.29, 0.717) is 67.6 Å². The van der Waals surface area contributed by atoms with Gasteiger partial charge < -0.3 is 29.8 Å². The number of nitro groups is 1. The van der Waals surface area contributed by atoms with Crippen LogP contribution in [0.4, 0.5) is 22.9 Å². The molecule has 1 amide bonds. The van der Waals surface area contributed by atoms with Gasteiger partial charge in [0.2, 0.25) is 10.0 Å². The third-order valence-corrected chi connectivity index (χ3v) is 19.7. The summed E-state index contributed by atoms with van der Waals surface area (Å²) in [5.41, 5.74) is 2.79. The topological polar surface area (TPSA) is 238 Å². The van der Waals surface area contributed by atoms with E-state index in [9.17, 15) is 36.9 Å². The molecule has 5 aromatic rings. The summed E-state index contributed by atoms with van der Waals surface area (Å²) in [5, 5.41) is 26.2. The van der Waals surface area contributed by atoms with Crippen molar-refractivity contribution in [3.8, 4) is 17.2 Å². The normalized spacial score (nSPS) is 24.4. The fourth-order valence-electron chi connectivity index (χ4n) is 12.2. The van der Waals surface area contributed by atoms with Crippen molar-refractivity contribution < 1.29 is 41.1 Å². The Balaban J connectivity index is 0.851. The van der Waals surface area contributed by atoms with Crippen molar-refractivity contribution in [2.45, 2.75) is 138 Å². The number of H-pyrrole nitrogens is 1. The lowest BCUT2D eigenvalue weighted by molar-refractivity contribution is -0.384. The van der Waals surface area contributed by atoms with E-state index in [1.54, 1.807) is 37.4 Å². The maximum Gasteiger partial charge on any atom is 0.297 e. The molecule has 20 heteroatoms. The number of rotatable bonds is 14. The Morgan fingerprint density at radius 2 is 1.70 bits per heavy atom. The number of piperidine rings is 1. The van der Waals surface area contributed by atoms with Crippen molar-refractivity contribution in [2.24, 2.45) is 11.3 Å². The molecule has 388 valence electrons. The van der Waals surface area contributed by atoms with E-state index in [-0.39, 0.29) is 58.3 Å². The first-order chi connectivity index (χ1) is 34.8. The van der Waals surface area contributed by atoms with Gasteiger partial charge in [0.05, 0.1) is 32.3 Å². The number of nitrogens with zero attached hydrogens (tertiary/aromatic N) is 4. The molecule has 2 aromatic heterocycles.